The highest BCUT2D eigenvalue weighted by Gasteiger charge is 2.14. The van der Waals surface area contributed by atoms with Gasteiger partial charge in [-0.3, -0.25) is 0 Å². The number of ether oxygens (including phenoxy) is 2. The van der Waals surface area contributed by atoms with Crippen molar-refractivity contribution in [3.05, 3.63) is 16.2 Å². The van der Waals surface area contributed by atoms with Gasteiger partial charge in [0.05, 0.1) is 5.69 Å². The highest BCUT2D eigenvalue weighted by Crippen LogP contribution is 2.31. The van der Waals surface area contributed by atoms with Crippen LogP contribution in [0, 0.1) is 6.92 Å². The van der Waals surface area contributed by atoms with E-state index in [9.17, 15) is 0 Å². The Labute approximate surface area is 78.8 Å². The van der Waals surface area contributed by atoms with Gasteiger partial charge in [-0.05, 0) is 22.9 Å². The Hall–Kier alpha value is -0.770. The number of fused-ring (bicyclic) bond motifs is 1. The summed E-state index contributed by atoms with van der Waals surface area (Å²) in [5, 5.41) is 0. The van der Waals surface area contributed by atoms with Crippen LogP contribution in [0.15, 0.2) is 10.5 Å². The number of pyridine rings is 1. The average Bonchev–Trinajstić information content (AvgIpc) is 2.07. The van der Waals surface area contributed by atoms with Gasteiger partial charge in [0.15, 0.2) is 5.75 Å². The first-order valence-electron chi connectivity index (χ1n) is 3.70. The topological polar surface area (TPSA) is 31.4 Å². The molecule has 0 saturated carbocycles. The monoisotopic (exact) mass is 229 g/mol. The molecule has 0 aliphatic carbocycles. The molecule has 0 unspecified atom stereocenters. The Morgan fingerprint density at radius 1 is 1.42 bits per heavy atom. The second kappa shape index (κ2) is 2.94. The van der Waals surface area contributed by atoms with Crippen molar-refractivity contribution in [3.63, 3.8) is 0 Å². The summed E-state index contributed by atoms with van der Waals surface area (Å²) in [5.74, 6) is 1.32. The van der Waals surface area contributed by atoms with Crippen LogP contribution in [-0.2, 0) is 0 Å². The fourth-order valence-corrected chi connectivity index (χ4v) is 1.34. The molecule has 0 bridgehead atoms. The van der Waals surface area contributed by atoms with Crippen LogP contribution in [0.25, 0.3) is 0 Å². The van der Waals surface area contributed by atoms with Gasteiger partial charge in [-0.15, -0.1) is 0 Å². The number of nitrogens with zero attached hydrogens (tertiary/aromatic N) is 1. The molecule has 0 spiro atoms. The lowest BCUT2D eigenvalue weighted by molar-refractivity contribution is 0.164. The summed E-state index contributed by atoms with van der Waals surface area (Å²) in [7, 11) is 0. The number of aromatic nitrogens is 1. The Balaban J connectivity index is 2.49. The number of aryl methyl sites for hydroxylation is 1. The summed E-state index contributed by atoms with van der Waals surface area (Å²) in [6.07, 6.45) is 0. The number of halogens is 1. The van der Waals surface area contributed by atoms with Crippen molar-refractivity contribution in [2.75, 3.05) is 13.2 Å². The lowest BCUT2D eigenvalue weighted by atomic mass is 10.3. The van der Waals surface area contributed by atoms with E-state index < -0.39 is 0 Å². The molecule has 2 heterocycles. The van der Waals surface area contributed by atoms with Gasteiger partial charge in [0.25, 0.3) is 5.88 Å². The average molecular weight is 230 g/mol. The normalized spacial score (nSPS) is 14.5. The maximum Gasteiger partial charge on any atom is 0.257 e. The Morgan fingerprint density at radius 2 is 2.17 bits per heavy atom. The third kappa shape index (κ3) is 1.27. The van der Waals surface area contributed by atoms with Crippen LogP contribution in [0.5, 0.6) is 11.6 Å². The third-order valence-corrected chi connectivity index (χ3v) is 2.47. The zero-order valence-electron chi connectivity index (χ0n) is 6.63. The zero-order chi connectivity index (χ0) is 8.55. The molecule has 0 fully saturated rings. The smallest absolute Gasteiger partial charge is 0.257 e. The van der Waals surface area contributed by atoms with Crippen LogP contribution in [0.3, 0.4) is 0 Å². The van der Waals surface area contributed by atoms with Crippen LogP contribution in [0.2, 0.25) is 0 Å². The second-order valence-corrected chi connectivity index (χ2v) is 3.41. The quantitative estimate of drug-likeness (QED) is 0.682. The molecule has 0 radical (unpaired) electrons. The number of rotatable bonds is 0. The van der Waals surface area contributed by atoms with Crippen molar-refractivity contribution >= 4 is 15.9 Å². The van der Waals surface area contributed by atoms with E-state index in [0.29, 0.717) is 19.1 Å². The van der Waals surface area contributed by atoms with Crippen molar-refractivity contribution in [1.29, 1.82) is 0 Å². The zero-order valence-corrected chi connectivity index (χ0v) is 8.22. The van der Waals surface area contributed by atoms with Crippen molar-refractivity contribution < 1.29 is 9.47 Å². The molecule has 3 nitrogen and oxygen atoms in total. The van der Waals surface area contributed by atoms with E-state index in [1.807, 2.05) is 13.0 Å². The highest BCUT2D eigenvalue weighted by molar-refractivity contribution is 9.10. The highest BCUT2D eigenvalue weighted by atomic mass is 79.9. The van der Waals surface area contributed by atoms with Gasteiger partial charge in [-0.1, -0.05) is 0 Å². The van der Waals surface area contributed by atoms with Crippen LogP contribution in [0.4, 0.5) is 0 Å². The van der Waals surface area contributed by atoms with E-state index in [2.05, 4.69) is 20.9 Å². The van der Waals surface area contributed by atoms with Gasteiger partial charge < -0.3 is 9.47 Å². The molecular weight excluding hydrogens is 222 g/mol. The summed E-state index contributed by atoms with van der Waals surface area (Å²) >= 11 is 3.38. The van der Waals surface area contributed by atoms with E-state index in [-0.39, 0.29) is 0 Å². The predicted octanol–water partition coefficient (Wildman–Crippen LogP) is 1.92. The van der Waals surface area contributed by atoms with Gasteiger partial charge in [0.1, 0.15) is 13.2 Å². The minimum absolute atomic E-state index is 0.584. The lowest BCUT2D eigenvalue weighted by Gasteiger charge is -2.17. The lowest BCUT2D eigenvalue weighted by Crippen LogP contribution is -2.16. The Morgan fingerprint density at radius 3 is 3.00 bits per heavy atom. The van der Waals surface area contributed by atoms with E-state index in [1.54, 1.807) is 0 Å². The van der Waals surface area contributed by atoms with Crippen molar-refractivity contribution in [2.24, 2.45) is 0 Å². The van der Waals surface area contributed by atoms with E-state index in [4.69, 9.17) is 9.47 Å². The molecule has 1 aliphatic rings. The van der Waals surface area contributed by atoms with Crippen molar-refractivity contribution in [1.82, 2.24) is 4.98 Å². The standard InChI is InChI=1S/C8H8BrNO2/c1-5-6(9)4-7-8(10-5)12-3-2-11-7/h4H,2-3H2,1H3. The first-order valence-corrected chi connectivity index (χ1v) is 4.49. The summed E-state index contributed by atoms with van der Waals surface area (Å²) in [6, 6.07) is 1.89. The van der Waals surface area contributed by atoms with Gasteiger partial charge in [0.2, 0.25) is 0 Å². The van der Waals surface area contributed by atoms with Gasteiger partial charge in [0, 0.05) is 10.5 Å². The Kier molecular flexibility index (Phi) is 1.92. The van der Waals surface area contributed by atoms with Gasteiger partial charge in [-0.2, -0.15) is 0 Å². The van der Waals surface area contributed by atoms with E-state index >= 15 is 0 Å². The largest absolute Gasteiger partial charge is 0.484 e. The SMILES string of the molecule is Cc1nc2c(cc1Br)OCCO2. The summed E-state index contributed by atoms with van der Waals surface area (Å²) in [5.41, 5.74) is 0.916. The maximum absolute atomic E-state index is 5.34. The molecule has 0 atom stereocenters. The molecule has 0 aromatic carbocycles. The third-order valence-electron chi connectivity index (χ3n) is 1.66. The minimum Gasteiger partial charge on any atom is -0.484 e. The second-order valence-electron chi connectivity index (χ2n) is 2.56. The minimum atomic E-state index is 0.584. The van der Waals surface area contributed by atoms with Gasteiger partial charge >= 0.3 is 0 Å². The van der Waals surface area contributed by atoms with E-state index in [1.165, 1.54) is 0 Å². The molecule has 2 rings (SSSR count). The van der Waals surface area contributed by atoms with Gasteiger partial charge in [-0.25, -0.2) is 4.98 Å². The fraction of sp³-hybridized carbons (Fsp3) is 0.375. The van der Waals surface area contributed by atoms with E-state index in [0.717, 1.165) is 15.9 Å². The van der Waals surface area contributed by atoms with Crippen LogP contribution in [0.1, 0.15) is 5.69 Å². The molecular formula is C8H8BrNO2. The molecule has 0 saturated heterocycles. The van der Waals surface area contributed by atoms with Crippen LogP contribution >= 0.6 is 15.9 Å². The molecule has 1 aliphatic heterocycles. The van der Waals surface area contributed by atoms with Crippen LogP contribution in [-0.4, -0.2) is 18.2 Å². The summed E-state index contributed by atoms with van der Waals surface area (Å²) < 4.78 is 11.6. The molecule has 1 aromatic heterocycles. The fourth-order valence-electron chi connectivity index (χ4n) is 1.04. The first-order chi connectivity index (χ1) is 5.77. The molecule has 12 heavy (non-hydrogen) atoms. The molecule has 0 N–H and O–H groups in total. The summed E-state index contributed by atoms with van der Waals surface area (Å²) in [4.78, 5) is 4.22. The first kappa shape index (κ1) is 7.86. The molecule has 1 aromatic rings. The number of hydrogen-bond acceptors (Lipinski definition) is 3. The molecule has 64 valence electrons. The molecule has 0 amide bonds. The summed E-state index contributed by atoms with van der Waals surface area (Å²) in [6.45, 7) is 3.10. The Bertz CT molecular complexity index is 283. The maximum atomic E-state index is 5.34. The number of hydrogen-bond donors (Lipinski definition) is 0. The van der Waals surface area contributed by atoms with Crippen molar-refractivity contribution in [3.8, 4) is 11.6 Å². The van der Waals surface area contributed by atoms with Crippen molar-refractivity contribution in [2.45, 2.75) is 6.92 Å². The molecule has 4 heteroatoms. The predicted molar refractivity (Wildman–Crippen MR) is 47.7 cm³/mol. The van der Waals surface area contributed by atoms with Crippen LogP contribution < -0.4 is 9.47 Å².